The lowest BCUT2D eigenvalue weighted by molar-refractivity contribution is 0.102. The summed E-state index contributed by atoms with van der Waals surface area (Å²) < 4.78 is 8.85. The van der Waals surface area contributed by atoms with Crippen LogP contribution in [0.3, 0.4) is 0 Å². The lowest BCUT2D eigenvalue weighted by Gasteiger charge is -2.11. The van der Waals surface area contributed by atoms with Crippen molar-refractivity contribution in [1.29, 1.82) is 0 Å². The van der Waals surface area contributed by atoms with Crippen LogP contribution in [0.2, 0.25) is 0 Å². The van der Waals surface area contributed by atoms with E-state index in [-0.39, 0.29) is 17.1 Å². The molecule has 0 fully saturated rings. The van der Waals surface area contributed by atoms with E-state index in [0.29, 0.717) is 29.2 Å². The minimum absolute atomic E-state index is 0.0265. The molecule has 7 heteroatoms. The minimum Gasteiger partial charge on any atom is -0.385 e. The van der Waals surface area contributed by atoms with Gasteiger partial charge in [-0.15, -0.1) is 6.58 Å². The third-order valence-electron chi connectivity index (χ3n) is 5.07. The summed E-state index contributed by atoms with van der Waals surface area (Å²) in [7, 11) is 1.69. The fraction of sp³-hybridized carbons (Fsp3) is 0.348. The molecule has 0 aliphatic carbocycles. The molecule has 0 aliphatic rings. The van der Waals surface area contributed by atoms with Gasteiger partial charge in [0, 0.05) is 43.8 Å². The molecule has 3 aromatic rings. The van der Waals surface area contributed by atoms with Crippen LogP contribution < -0.4 is 5.56 Å². The average Bonchev–Trinajstić information content (AvgIpc) is 3.03. The summed E-state index contributed by atoms with van der Waals surface area (Å²) in [5, 5.41) is 1.09. The number of benzene rings is 1. The molecule has 0 unspecified atom stereocenters. The van der Waals surface area contributed by atoms with Crippen molar-refractivity contribution in [1.82, 2.24) is 14.1 Å². The maximum absolute atomic E-state index is 13.0. The molecule has 0 bridgehead atoms. The Morgan fingerprint density at radius 1 is 1.27 bits per heavy atom. The largest absolute Gasteiger partial charge is 0.385 e. The van der Waals surface area contributed by atoms with Gasteiger partial charge in [-0.3, -0.25) is 14.2 Å². The van der Waals surface area contributed by atoms with Gasteiger partial charge >= 0.3 is 0 Å². The summed E-state index contributed by atoms with van der Waals surface area (Å²) >= 11 is 1.29. The first-order valence-electron chi connectivity index (χ1n) is 9.90. The number of Topliss-reactive ketones (excluding diaryl/α,β-unsaturated/α-hetero) is 1. The number of thioether (sulfide) groups is 1. The molecule has 6 nitrogen and oxygen atoms in total. The van der Waals surface area contributed by atoms with Crippen LogP contribution in [0.4, 0.5) is 0 Å². The molecule has 0 saturated carbocycles. The van der Waals surface area contributed by atoms with E-state index < -0.39 is 0 Å². The van der Waals surface area contributed by atoms with Crippen LogP contribution in [0.1, 0.15) is 28.2 Å². The van der Waals surface area contributed by atoms with Gasteiger partial charge in [-0.05, 0) is 38.5 Å². The summed E-state index contributed by atoms with van der Waals surface area (Å²) in [6.07, 6.45) is 2.56. The number of hydrogen-bond donors (Lipinski definition) is 0. The van der Waals surface area contributed by atoms with Crippen LogP contribution in [0.15, 0.2) is 52.9 Å². The predicted octanol–water partition coefficient (Wildman–Crippen LogP) is 4.01. The van der Waals surface area contributed by atoms with E-state index in [0.717, 1.165) is 29.9 Å². The molecular weight excluding hydrogens is 398 g/mol. The summed E-state index contributed by atoms with van der Waals surface area (Å²) in [6.45, 7) is 9.57. The normalized spacial score (nSPS) is 11.2. The number of carbonyl (C=O) groups is 1. The summed E-state index contributed by atoms with van der Waals surface area (Å²) in [5.74, 6) is 0.239. The van der Waals surface area contributed by atoms with Gasteiger partial charge in [0.15, 0.2) is 10.9 Å². The van der Waals surface area contributed by atoms with Crippen molar-refractivity contribution in [3.63, 3.8) is 0 Å². The van der Waals surface area contributed by atoms with Crippen LogP contribution in [0.25, 0.3) is 10.9 Å². The van der Waals surface area contributed by atoms with Gasteiger partial charge < -0.3 is 9.30 Å². The van der Waals surface area contributed by atoms with Crippen molar-refractivity contribution >= 4 is 28.4 Å². The Kier molecular flexibility index (Phi) is 7.29. The molecule has 158 valence electrons. The second kappa shape index (κ2) is 9.91. The Morgan fingerprint density at radius 2 is 2.03 bits per heavy atom. The molecule has 2 heterocycles. The van der Waals surface area contributed by atoms with Gasteiger partial charge in [0.05, 0.1) is 16.7 Å². The van der Waals surface area contributed by atoms with E-state index in [4.69, 9.17) is 4.74 Å². The van der Waals surface area contributed by atoms with Crippen LogP contribution >= 0.6 is 11.8 Å². The summed E-state index contributed by atoms with van der Waals surface area (Å²) in [5.41, 5.74) is 3.25. The first-order chi connectivity index (χ1) is 14.5. The molecule has 0 saturated heterocycles. The van der Waals surface area contributed by atoms with Gasteiger partial charge in [0.25, 0.3) is 5.56 Å². The Bertz CT molecular complexity index is 1130. The molecule has 0 radical (unpaired) electrons. The van der Waals surface area contributed by atoms with Crippen LogP contribution in [-0.4, -0.2) is 39.4 Å². The van der Waals surface area contributed by atoms with E-state index in [1.807, 2.05) is 38.1 Å². The standard InChI is InChI=1S/C23H27N3O3S/c1-5-11-26-22(28)18-9-6-7-10-20(18)24-23(26)30-15-21(27)19-14-16(2)25(17(19)3)12-8-13-29-4/h5-7,9-10,14H,1,8,11-13,15H2,2-4H3. The second-order valence-corrected chi connectivity index (χ2v) is 8.05. The van der Waals surface area contributed by atoms with Gasteiger partial charge in [-0.25, -0.2) is 4.98 Å². The highest BCUT2D eigenvalue weighted by Gasteiger charge is 2.18. The van der Waals surface area contributed by atoms with E-state index in [2.05, 4.69) is 16.1 Å². The van der Waals surface area contributed by atoms with Crippen LogP contribution in [0.5, 0.6) is 0 Å². The first kappa shape index (κ1) is 22.1. The number of methoxy groups -OCH3 is 1. The first-order valence-corrected chi connectivity index (χ1v) is 10.9. The number of aromatic nitrogens is 3. The van der Waals surface area contributed by atoms with Gasteiger partial charge in [0.1, 0.15) is 0 Å². The molecule has 0 spiro atoms. The fourth-order valence-corrected chi connectivity index (χ4v) is 4.44. The Morgan fingerprint density at radius 3 is 2.77 bits per heavy atom. The van der Waals surface area contributed by atoms with Crippen LogP contribution in [0, 0.1) is 13.8 Å². The highest BCUT2D eigenvalue weighted by atomic mass is 32.2. The Balaban J connectivity index is 1.83. The number of carbonyl (C=O) groups excluding carboxylic acids is 1. The molecular formula is C23H27N3O3S. The number of ketones is 1. The topological polar surface area (TPSA) is 66.1 Å². The molecule has 0 aliphatic heterocycles. The number of aryl methyl sites for hydroxylation is 1. The van der Waals surface area contributed by atoms with E-state index in [9.17, 15) is 9.59 Å². The third-order valence-corrected chi connectivity index (χ3v) is 6.05. The van der Waals surface area contributed by atoms with Crippen molar-refractivity contribution in [2.75, 3.05) is 19.5 Å². The van der Waals surface area contributed by atoms with Gasteiger partial charge in [-0.2, -0.15) is 0 Å². The smallest absolute Gasteiger partial charge is 0.262 e. The van der Waals surface area contributed by atoms with E-state index >= 15 is 0 Å². The molecule has 30 heavy (non-hydrogen) atoms. The average molecular weight is 426 g/mol. The number of rotatable bonds is 10. The monoisotopic (exact) mass is 425 g/mol. The van der Waals surface area contributed by atoms with Crippen molar-refractivity contribution < 1.29 is 9.53 Å². The number of fused-ring (bicyclic) bond motifs is 1. The molecule has 0 N–H and O–H groups in total. The molecule has 0 atom stereocenters. The Labute approximate surface area is 180 Å². The predicted molar refractivity (Wildman–Crippen MR) is 122 cm³/mol. The molecule has 2 aromatic heterocycles. The zero-order chi connectivity index (χ0) is 21.7. The SMILES string of the molecule is C=CCn1c(SCC(=O)c2cc(C)n(CCCOC)c2C)nc2ccccc2c1=O. The fourth-order valence-electron chi connectivity index (χ4n) is 3.55. The van der Waals surface area contributed by atoms with Gasteiger partial charge in [-0.1, -0.05) is 30.0 Å². The van der Waals surface area contributed by atoms with Crippen molar-refractivity contribution in [3.8, 4) is 0 Å². The molecule has 3 rings (SSSR count). The number of ether oxygens (including phenoxy) is 1. The van der Waals surface area contributed by atoms with Crippen molar-refractivity contribution in [2.24, 2.45) is 0 Å². The van der Waals surface area contributed by atoms with Gasteiger partial charge in [0.2, 0.25) is 0 Å². The Hall–Kier alpha value is -2.64. The lowest BCUT2D eigenvalue weighted by Crippen LogP contribution is -2.23. The minimum atomic E-state index is -0.119. The van der Waals surface area contributed by atoms with E-state index in [1.165, 1.54) is 11.8 Å². The maximum atomic E-state index is 13.0. The zero-order valence-electron chi connectivity index (χ0n) is 17.7. The van der Waals surface area contributed by atoms with Crippen molar-refractivity contribution in [3.05, 3.63) is 70.3 Å². The molecule has 0 amide bonds. The number of para-hydroxylation sites is 1. The quantitative estimate of drug-likeness (QED) is 0.161. The van der Waals surface area contributed by atoms with E-state index in [1.54, 1.807) is 23.8 Å². The summed E-state index contributed by atoms with van der Waals surface area (Å²) in [4.78, 5) is 30.4. The third kappa shape index (κ3) is 4.57. The zero-order valence-corrected chi connectivity index (χ0v) is 18.5. The number of hydrogen-bond acceptors (Lipinski definition) is 5. The lowest BCUT2D eigenvalue weighted by atomic mass is 10.2. The number of nitrogens with zero attached hydrogens (tertiary/aromatic N) is 3. The highest BCUT2D eigenvalue weighted by Crippen LogP contribution is 2.22. The second-order valence-electron chi connectivity index (χ2n) is 7.11. The number of allylic oxidation sites excluding steroid dienone is 1. The summed E-state index contributed by atoms with van der Waals surface area (Å²) in [6, 6.07) is 9.19. The van der Waals surface area contributed by atoms with Crippen LogP contribution in [-0.2, 0) is 17.8 Å². The highest BCUT2D eigenvalue weighted by molar-refractivity contribution is 7.99. The maximum Gasteiger partial charge on any atom is 0.262 e. The van der Waals surface area contributed by atoms with Crippen molar-refractivity contribution in [2.45, 2.75) is 38.5 Å². The molecule has 1 aromatic carbocycles.